The summed E-state index contributed by atoms with van der Waals surface area (Å²) >= 11 is 0. The van der Waals surface area contributed by atoms with Crippen LogP contribution < -0.4 is 4.90 Å². The van der Waals surface area contributed by atoms with E-state index in [1.165, 1.54) is 137 Å². The summed E-state index contributed by atoms with van der Waals surface area (Å²) in [5.74, 6) is 0. The smallest absolute Gasteiger partial charge is 0.0755 e. The van der Waals surface area contributed by atoms with Crippen LogP contribution in [0, 0.1) is 0 Å². The van der Waals surface area contributed by atoms with E-state index in [0.717, 1.165) is 17.1 Å². The molecular weight excluding hydrogens is 965 g/mol. The van der Waals surface area contributed by atoms with Crippen molar-refractivity contribution < 1.29 is 0 Å². The molecule has 1 atom stereocenters. The molecule has 0 radical (unpaired) electrons. The Morgan fingerprint density at radius 3 is 1.46 bits per heavy atom. The third kappa shape index (κ3) is 5.47. The van der Waals surface area contributed by atoms with Crippen LogP contribution in [0.15, 0.2) is 291 Å². The van der Waals surface area contributed by atoms with Gasteiger partial charge in [0, 0.05) is 27.5 Å². The minimum atomic E-state index is -0.635. The molecular formula is C78H48N2. The number of benzene rings is 14. The Morgan fingerprint density at radius 1 is 0.263 bits per heavy atom. The number of rotatable bonds is 5. The Balaban J connectivity index is 0.989. The molecule has 1 aliphatic heterocycles. The lowest BCUT2D eigenvalue weighted by Gasteiger charge is -2.40. The summed E-state index contributed by atoms with van der Waals surface area (Å²) in [6.45, 7) is 0. The minimum absolute atomic E-state index is 0.621. The van der Waals surface area contributed by atoms with Crippen LogP contribution in [0.2, 0.25) is 0 Å². The lowest BCUT2D eigenvalue weighted by Crippen LogP contribution is -2.33. The molecule has 0 amide bonds. The Morgan fingerprint density at radius 2 is 0.750 bits per heavy atom. The zero-order chi connectivity index (χ0) is 52.3. The maximum Gasteiger partial charge on any atom is 0.0755 e. The maximum atomic E-state index is 2.61. The fraction of sp³-hybridized carbons (Fsp3) is 0.0256. The van der Waals surface area contributed by atoms with Crippen molar-refractivity contribution in [2.24, 2.45) is 0 Å². The normalized spacial score (nSPS) is 15.2. The summed E-state index contributed by atoms with van der Waals surface area (Å²) < 4.78 is 2.54. The second kappa shape index (κ2) is 16.1. The standard InChI is InChI=1S/C78H48N2/c1-3-22-49(23-4-1)77(50-24-5-2-6-25-50)67-37-17-14-34-64(67)75-62-33-12-11-31-60(62)74(48-71(75)77)79(51-42-44-57-55-28-8-7-26-53(55)54-27-9-10-29-56(54)65(57)46-51)52-43-45-59-58-30-13-16-36-66(58)78(70(59)47-52)68-38-18-20-41-73(68)80-72-40-19-15-32-61(72)63-35-21-39-69(78)76(63)80/h1-48H. The number of aromatic nitrogens is 1. The first kappa shape index (κ1) is 43.8. The number of anilines is 3. The summed E-state index contributed by atoms with van der Waals surface area (Å²) in [7, 11) is 0. The van der Waals surface area contributed by atoms with Crippen LogP contribution in [-0.4, -0.2) is 4.57 Å². The third-order valence-electron chi connectivity index (χ3n) is 18.6. The zero-order valence-electron chi connectivity index (χ0n) is 43.6. The van der Waals surface area contributed by atoms with Crippen LogP contribution in [0.5, 0.6) is 0 Å². The van der Waals surface area contributed by atoms with Gasteiger partial charge in [0.2, 0.25) is 0 Å². The van der Waals surface area contributed by atoms with Gasteiger partial charge in [0.1, 0.15) is 0 Å². The Kier molecular flexibility index (Phi) is 8.83. The van der Waals surface area contributed by atoms with Crippen molar-refractivity contribution in [1.82, 2.24) is 4.57 Å². The first-order valence-electron chi connectivity index (χ1n) is 28.0. The summed E-state index contributed by atoms with van der Waals surface area (Å²) in [6, 6.07) is 110. The van der Waals surface area contributed by atoms with Crippen molar-refractivity contribution >= 4 is 82.0 Å². The van der Waals surface area contributed by atoms with Crippen LogP contribution in [0.3, 0.4) is 0 Å². The molecule has 0 fully saturated rings. The maximum absolute atomic E-state index is 2.61. The molecule has 1 aromatic heterocycles. The van der Waals surface area contributed by atoms with E-state index in [-0.39, 0.29) is 0 Å². The number of hydrogen-bond acceptors (Lipinski definition) is 1. The molecule has 15 aromatic rings. The van der Waals surface area contributed by atoms with Crippen molar-refractivity contribution in [3.63, 3.8) is 0 Å². The summed E-state index contributed by atoms with van der Waals surface area (Å²) in [5.41, 5.74) is 21.1. The Bertz CT molecular complexity index is 5070. The molecule has 14 aromatic carbocycles. The van der Waals surface area contributed by atoms with Gasteiger partial charge in [-0.3, -0.25) is 0 Å². The highest BCUT2D eigenvalue weighted by molar-refractivity contribution is 6.26. The van der Waals surface area contributed by atoms with E-state index in [1.54, 1.807) is 0 Å². The van der Waals surface area contributed by atoms with Gasteiger partial charge >= 0.3 is 0 Å². The average molecular weight is 1010 g/mol. The van der Waals surface area contributed by atoms with E-state index in [1.807, 2.05) is 0 Å². The van der Waals surface area contributed by atoms with Crippen LogP contribution in [0.25, 0.3) is 92.8 Å². The predicted octanol–water partition coefficient (Wildman–Crippen LogP) is 19.9. The molecule has 2 aliphatic carbocycles. The molecule has 18 rings (SSSR count). The molecule has 370 valence electrons. The van der Waals surface area contributed by atoms with Gasteiger partial charge in [-0.15, -0.1) is 0 Å². The minimum Gasteiger partial charge on any atom is -0.310 e. The van der Waals surface area contributed by atoms with Gasteiger partial charge < -0.3 is 9.47 Å². The van der Waals surface area contributed by atoms with Crippen molar-refractivity contribution in [3.05, 3.63) is 336 Å². The van der Waals surface area contributed by atoms with Gasteiger partial charge in [-0.2, -0.15) is 0 Å². The van der Waals surface area contributed by atoms with Crippen LogP contribution in [0.1, 0.15) is 44.5 Å². The van der Waals surface area contributed by atoms with Gasteiger partial charge in [0.15, 0.2) is 0 Å². The summed E-state index contributed by atoms with van der Waals surface area (Å²) in [6.07, 6.45) is 0. The molecule has 2 heteroatoms. The van der Waals surface area contributed by atoms with Gasteiger partial charge in [0.25, 0.3) is 0 Å². The molecule has 0 saturated carbocycles. The van der Waals surface area contributed by atoms with E-state index in [9.17, 15) is 0 Å². The number of fused-ring (bicyclic) bond motifs is 23. The molecule has 1 unspecified atom stereocenters. The SMILES string of the molecule is c1ccc(C2(c3ccccc3)c3ccccc3-c3c2cc(N(c2ccc4c(c2)C2(c5ccccc5-4)c4ccccc4-n4c5ccccc5c5cccc2c54)c2ccc4c5ccccc5c5ccccc5c4c2)c2ccccc32)cc1. The second-order valence-corrected chi connectivity index (χ2v) is 22.1. The highest BCUT2D eigenvalue weighted by Gasteiger charge is 2.52. The molecule has 0 bridgehead atoms. The van der Waals surface area contributed by atoms with E-state index >= 15 is 0 Å². The van der Waals surface area contributed by atoms with E-state index < -0.39 is 10.8 Å². The molecule has 2 heterocycles. The van der Waals surface area contributed by atoms with Crippen molar-refractivity contribution in [2.75, 3.05) is 4.90 Å². The van der Waals surface area contributed by atoms with Crippen LogP contribution in [0.4, 0.5) is 17.1 Å². The van der Waals surface area contributed by atoms with Gasteiger partial charge in [-0.1, -0.05) is 249 Å². The van der Waals surface area contributed by atoms with Gasteiger partial charge in [0.05, 0.1) is 33.2 Å². The Hall–Kier alpha value is -10.3. The molecule has 0 N–H and O–H groups in total. The van der Waals surface area contributed by atoms with Crippen LogP contribution >= 0.6 is 0 Å². The lowest BCUT2D eigenvalue weighted by atomic mass is 9.65. The molecule has 1 spiro atoms. The highest BCUT2D eigenvalue weighted by Crippen LogP contribution is 2.64. The summed E-state index contributed by atoms with van der Waals surface area (Å²) in [5, 5.41) is 12.5. The first-order chi connectivity index (χ1) is 39.7. The Labute approximate surface area is 463 Å². The molecule has 80 heavy (non-hydrogen) atoms. The average Bonchev–Trinajstić information content (AvgIpc) is 4.06. The number of nitrogens with zero attached hydrogens (tertiary/aromatic N) is 2. The van der Waals surface area contributed by atoms with E-state index in [4.69, 9.17) is 0 Å². The molecule has 3 aliphatic rings. The fourth-order valence-electron chi connectivity index (χ4n) is 15.6. The van der Waals surface area contributed by atoms with E-state index in [0.29, 0.717) is 0 Å². The monoisotopic (exact) mass is 1010 g/mol. The van der Waals surface area contributed by atoms with Crippen molar-refractivity contribution in [3.8, 4) is 27.9 Å². The molecule has 2 nitrogen and oxygen atoms in total. The zero-order valence-corrected chi connectivity index (χ0v) is 43.6. The number of hydrogen-bond donors (Lipinski definition) is 0. The lowest BCUT2D eigenvalue weighted by molar-refractivity contribution is 0.748. The summed E-state index contributed by atoms with van der Waals surface area (Å²) in [4.78, 5) is 2.61. The highest BCUT2D eigenvalue weighted by atomic mass is 15.1. The molecule has 0 saturated heterocycles. The second-order valence-electron chi connectivity index (χ2n) is 22.1. The predicted molar refractivity (Wildman–Crippen MR) is 334 cm³/mol. The van der Waals surface area contributed by atoms with Gasteiger partial charge in [-0.25, -0.2) is 0 Å². The first-order valence-corrected chi connectivity index (χ1v) is 28.0. The van der Waals surface area contributed by atoms with Crippen molar-refractivity contribution in [2.45, 2.75) is 10.8 Å². The fourth-order valence-corrected chi connectivity index (χ4v) is 15.6. The van der Waals surface area contributed by atoms with Gasteiger partial charge in [-0.05, 0) is 147 Å². The topological polar surface area (TPSA) is 8.17 Å². The quantitative estimate of drug-likeness (QED) is 0.156. The number of para-hydroxylation sites is 3. The largest absolute Gasteiger partial charge is 0.310 e. The van der Waals surface area contributed by atoms with Crippen LogP contribution in [-0.2, 0) is 10.8 Å². The van der Waals surface area contributed by atoms with Crippen molar-refractivity contribution in [1.29, 1.82) is 0 Å². The van der Waals surface area contributed by atoms with E-state index in [2.05, 4.69) is 301 Å². The third-order valence-corrected chi connectivity index (χ3v) is 18.6.